The SMILES string of the molecule is CCc1cnc(CCNC(=NC)NCCN(CCOC)C2CC2)s1. The van der Waals surface area contributed by atoms with Crippen molar-refractivity contribution in [1.82, 2.24) is 20.5 Å². The number of methoxy groups -OCH3 is 1. The number of guanidine groups is 1. The van der Waals surface area contributed by atoms with E-state index in [2.05, 4.69) is 32.4 Å². The summed E-state index contributed by atoms with van der Waals surface area (Å²) >= 11 is 1.80. The van der Waals surface area contributed by atoms with E-state index in [0.29, 0.717) is 0 Å². The second-order valence-corrected chi connectivity index (χ2v) is 7.21. The highest BCUT2D eigenvalue weighted by Crippen LogP contribution is 2.25. The van der Waals surface area contributed by atoms with Crippen molar-refractivity contribution in [2.75, 3.05) is 46.9 Å². The van der Waals surface area contributed by atoms with Gasteiger partial charge in [-0.2, -0.15) is 0 Å². The highest BCUT2D eigenvalue weighted by atomic mass is 32.1. The molecule has 6 nitrogen and oxygen atoms in total. The van der Waals surface area contributed by atoms with Gasteiger partial charge in [-0.3, -0.25) is 9.89 Å². The molecule has 0 bridgehead atoms. The van der Waals surface area contributed by atoms with E-state index in [-0.39, 0.29) is 0 Å². The minimum absolute atomic E-state index is 0.759. The number of aryl methyl sites for hydroxylation is 1. The Bertz CT molecular complexity index is 501. The van der Waals surface area contributed by atoms with E-state index >= 15 is 0 Å². The molecular formula is C17H31N5OS. The molecule has 136 valence electrons. The number of aliphatic imine (C=N–C) groups is 1. The molecule has 1 aliphatic carbocycles. The Morgan fingerprint density at radius 2 is 2.17 bits per heavy atom. The van der Waals surface area contributed by atoms with Crippen LogP contribution in [0.3, 0.4) is 0 Å². The first-order chi connectivity index (χ1) is 11.8. The molecule has 1 aromatic heterocycles. The molecule has 0 atom stereocenters. The van der Waals surface area contributed by atoms with Crippen LogP contribution in [-0.2, 0) is 17.6 Å². The molecule has 1 aliphatic rings. The maximum Gasteiger partial charge on any atom is 0.191 e. The Morgan fingerprint density at radius 1 is 1.38 bits per heavy atom. The van der Waals surface area contributed by atoms with Crippen molar-refractivity contribution >= 4 is 17.3 Å². The Hall–Kier alpha value is -1.18. The first-order valence-corrected chi connectivity index (χ1v) is 9.69. The monoisotopic (exact) mass is 353 g/mol. The van der Waals surface area contributed by atoms with Crippen molar-refractivity contribution < 1.29 is 4.74 Å². The summed E-state index contributed by atoms with van der Waals surface area (Å²) < 4.78 is 5.20. The fraction of sp³-hybridized carbons (Fsp3) is 0.765. The van der Waals surface area contributed by atoms with Gasteiger partial charge in [0, 0.05) is 63.9 Å². The Balaban J connectivity index is 1.62. The average molecular weight is 354 g/mol. The van der Waals surface area contributed by atoms with E-state index in [1.807, 2.05) is 13.2 Å². The van der Waals surface area contributed by atoms with Gasteiger partial charge < -0.3 is 15.4 Å². The summed E-state index contributed by atoms with van der Waals surface area (Å²) in [5.74, 6) is 0.866. The summed E-state index contributed by atoms with van der Waals surface area (Å²) in [5, 5.41) is 7.96. The first-order valence-electron chi connectivity index (χ1n) is 8.87. The van der Waals surface area contributed by atoms with Crippen LogP contribution in [0.4, 0.5) is 0 Å². The highest BCUT2D eigenvalue weighted by Gasteiger charge is 2.28. The molecule has 1 aromatic rings. The molecule has 1 fully saturated rings. The van der Waals surface area contributed by atoms with Crippen LogP contribution in [0, 0.1) is 0 Å². The van der Waals surface area contributed by atoms with E-state index < -0.39 is 0 Å². The number of aromatic nitrogens is 1. The fourth-order valence-electron chi connectivity index (χ4n) is 2.58. The molecule has 7 heteroatoms. The number of ether oxygens (including phenoxy) is 1. The molecule has 1 saturated carbocycles. The molecule has 0 radical (unpaired) electrons. The van der Waals surface area contributed by atoms with Gasteiger partial charge in [0.15, 0.2) is 5.96 Å². The van der Waals surface area contributed by atoms with E-state index in [0.717, 1.165) is 57.6 Å². The van der Waals surface area contributed by atoms with Gasteiger partial charge in [-0.15, -0.1) is 11.3 Å². The topological polar surface area (TPSA) is 61.8 Å². The molecule has 0 aromatic carbocycles. The van der Waals surface area contributed by atoms with Gasteiger partial charge in [0.2, 0.25) is 0 Å². The van der Waals surface area contributed by atoms with Gasteiger partial charge in [-0.05, 0) is 19.3 Å². The number of hydrogen-bond donors (Lipinski definition) is 2. The van der Waals surface area contributed by atoms with Crippen LogP contribution in [0.25, 0.3) is 0 Å². The van der Waals surface area contributed by atoms with Gasteiger partial charge in [0.05, 0.1) is 11.6 Å². The summed E-state index contributed by atoms with van der Waals surface area (Å²) in [6.45, 7) is 6.76. The van der Waals surface area contributed by atoms with Crippen LogP contribution < -0.4 is 10.6 Å². The molecule has 0 amide bonds. The van der Waals surface area contributed by atoms with Gasteiger partial charge in [-0.1, -0.05) is 6.92 Å². The lowest BCUT2D eigenvalue weighted by atomic mass is 10.4. The van der Waals surface area contributed by atoms with Crippen LogP contribution in [0.2, 0.25) is 0 Å². The summed E-state index contributed by atoms with van der Waals surface area (Å²) in [6, 6.07) is 0.759. The number of hydrogen-bond acceptors (Lipinski definition) is 5. The first kappa shape index (κ1) is 19.1. The predicted molar refractivity (Wildman–Crippen MR) is 101 cm³/mol. The minimum Gasteiger partial charge on any atom is -0.383 e. The van der Waals surface area contributed by atoms with E-state index in [1.165, 1.54) is 22.7 Å². The van der Waals surface area contributed by atoms with Crippen LogP contribution in [0.5, 0.6) is 0 Å². The number of rotatable bonds is 11. The third-order valence-electron chi connectivity index (χ3n) is 4.14. The third-order valence-corrected chi connectivity index (χ3v) is 5.34. The lowest BCUT2D eigenvalue weighted by molar-refractivity contribution is 0.144. The zero-order valence-electron chi connectivity index (χ0n) is 15.2. The molecule has 2 N–H and O–H groups in total. The summed E-state index contributed by atoms with van der Waals surface area (Å²) in [7, 11) is 3.58. The quantitative estimate of drug-likeness (QED) is 0.467. The van der Waals surface area contributed by atoms with Crippen LogP contribution >= 0.6 is 11.3 Å². The highest BCUT2D eigenvalue weighted by molar-refractivity contribution is 7.11. The third kappa shape index (κ3) is 6.75. The van der Waals surface area contributed by atoms with Gasteiger partial charge in [-0.25, -0.2) is 4.98 Å². The molecule has 0 spiro atoms. The van der Waals surface area contributed by atoms with Gasteiger partial charge in [0.1, 0.15) is 0 Å². The fourth-order valence-corrected chi connectivity index (χ4v) is 3.44. The largest absolute Gasteiger partial charge is 0.383 e. The molecule has 1 heterocycles. The van der Waals surface area contributed by atoms with Gasteiger partial charge in [0.25, 0.3) is 0 Å². The van der Waals surface area contributed by atoms with E-state index in [1.54, 1.807) is 18.4 Å². The number of nitrogens with one attached hydrogen (secondary N) is 2. The van der Waals surface area contributed by atoms with Crippen molar-refractivity contribution in [3.63, 3.8) is 0 Å². The molecule has 0 aliphatic heterocycles. The van der Waals surface area contributed by atoms with Crippen LogP contribution in [0.15, 0.2) is 11.2 Å². The molecule has 0 unspecified atom stereocenters. The number of nitrogens with zero attached hydrogens (tertiary/aromatic N) is 3. The zero-order valence-corrected chi connectivity index (χ0v) is 16.0. The molecule has 0 saturated heterocycles. The summed E-state index contributed by atoms with van der Waals surface area (Å²) in [4.78, 5) is 12.6. The Labute approximate surface area is 149 Å². The van der Waals surface area contributed by atoms with Crippen LogP contribution in [0.1, 0.15) is 29.7 Å². The van der Waals surface area contributed by atoms with Crippen LogP contribution in [-0.4, -0.2) is 68.8 Å². The lowest BCUT2D eigenvalue weighted by Crippen LogP contribution is -2.43. The second-order valence-electron chi connectivity index (χ2n) is 6.01. The molecule has 2 rings (SSSR count). The zero-order chi connectivity index (χ0) is 17.2. The molecule has 24 heavy (non-hydrogen) atoms. The predicted octanol–water partition coefficient (Wildman–Crippen LogP) is 1.52. The van der Waals surface area contributed by atoms with Crippen molar-refractivity contribution in [1.29, 1.82) is 0 Å². The molecular weight excluding hydrogens is 322 g/mol. The normalized spacial score (nSPS) is 15.1. The summed E-state index contributed by atoms with van der Waals surface area (Å²) in [6.07, 6.45) is 6.64. The second kappa shape index (κ2) is 10.6. The van der Waals surface area contributed by atoms with E-state index in [9.17, 15) is 0 Å². The smallest absolute Gasteiger partial charge is 0.191 e. The van der Waals surface area contributed by atoms with Crippen molar-refractivity contribution in [3.8, 4) is 0 Å². The van der Waals surface area contributed by atoms with Crippen molar-refractivity contribution in [2.24, 2.45) is 4.99 Å². The maximum absolute atomic E-state index is 5.20. The van der Waals surface area contributed by atoms with Crippen molar-refractivity contribution in [2.45, 2.75) is 38.6 Å². The number of thiazole rings is 1. The maximum atomic E-state index is 5.20. The summed E-state index contributed by atoms with van der Waals surface area (Å²) in [5.41, 5.74) is 0. The van der Waals surface area contributed by atoms with E-state index in [4.69, 9.17) is 4.74 Å². The Kier molecular flexibility index (Phi) is 8.49. The van der Waals surface area contributed by atoms with Crippen molar-refractivity contribution in [3.05, 3.63) is 16.1 Å². The Morgan fingerprint density at radius 3 is 2.79 bits per heavy atom. The van der Waals surface area contributed by atoms with Gasteiger partial charge >= 0.3 is 0 Å². The standard InChI is InChI=1S/C17H31N5OS/c1-4-15-13-21-16(24-15)7-8-19-17(18-2)20-9-10-22(11-12-23-3)14-5-6-14/h13-14H,4-12H2,1-3H3,(H2,18,19,20). The minimum atomic E-state index is 0.759. The lowest BCUT2D eigenvalue weighted by Gasteiger charge is -2.22. The average Bonchev–Trinajstić information content (AvgIpc) is 3.34.